The summed E-state index contributed by atoms with van der Waals surface area (Å²) in [5.41, 5.74) is 2.11. The van der Waals surface area contributed by atoms with Crippen molar-refractivity contribution in [3.63, 3.8) is 0 Å². The molecule has 0 spiro atoms. The fourth-order valence-electron chi connectivity index (χ4n) is 3.18. The number of anilines is 1. The van der Waals surface area contributed by atoms with Gasteiger partial charge in [-0.25, -0.2) is 0 Å². The van der Waals surface area contributed by atoms with Gasteiger partial charge in [-0.2, -0.15) is 0 Å². The third kappa shape index (κ3) is 7.16. The molecule has 29 heavy (non-hydrogen) atoms. The monoisotopic (exact) mass is 434 g/mol. The zero-order valence-corrected chi connectivity index (χ0v) is 18.9. The van der Waals surface area contributed by atoms with Crippen LogP contribution < -0.4 is 4.90 Å². The number of hydrogen-bond acceptors (Lipinski definition) is 5. The zero-order valence-electron chi connectivity index (χ0n) is 17.2. The van der Waals surface area contributed by atoms with Crippen molar-refractivity contribution in [1.29, 1.82) is 0 Å². The van der Waals surface area contributed by atoms with E-state index in [0.717, 1.165) is 35.3 Å². The first-order valence-corrected chi connectivity index (χ1v) is 11.5. The molecule has 0 saturated carbocycles. The second-order valence-corrected chi connectivity index (χ2v) is 8.83. The Labute approximate surface area is 183 Å². The summed E-state index contributed by atoms with van der Waals surface area (Å²) in [5, 5.41) is 8.94. The Morgan fingerprint density at radius 1 is 1.10 bits per heavy atom. The molecule has 1 heterocycles. The lowest BCUT2D eigenvalue weighted by molar-refractivity contribution is -0.140. The molecular weight excluding hydrogens is 404 g/mol. The number of hydrogen-bond donors (Lipinski definition) is 1. The summed E-state index contributed by atoms with van der Waals surface area (Å²) >= 11 is 6.29. The minimum atomic E-state index is -1.07. The normalized spacial score (nSPS) is 15.4. The molecule has 0 bridgehead atoms. The molecule has 2 rings (SSSR count). The van der Waals surface area contributed by atoms with Gasteiger partial charge in [0.25, 0.3) is 5.91 Å². The molecule has 0 aliphatic carbocycles. The summed E-state index contributed by atoms with van der Waals surface area (Å²) < 4.78 is 0.290. The second kappa shape index (κ2) is 12.0. The number of carbonyl (C=O) groups excluding carboxylic acids is 1. The van der Waals surface area contributed by atoms with Crippen LogP contribution in [0.25, 0.3) is 6.08 Å². The minimum Gasteiger partial charge on any atom is -0.480 e. The molecule has 0 atom stereocenters. The molecule has 1 N–H and O–H groups in total. The lowest BCUT2D eigenvalue weighted by atomic mass is 10.1. The molecule has 7 heteroatoms. The van der Waals surface area contributed by atoms with Crippen LogP contribution in [0.4, 0.5) is 5.69 Å². The number of thioether (sulfide) groups is 1. The van der Waals surface area contributed by atoms with E-state index in [4.69, 9.17) is 17.3 Å². The molecule has 1 aromatic carbocycles. The molecule has 1 saturated heterocycles. The van der Waals surface area contributed by atoms with Gasteiger partial charge < -0.3 is 10.0 Å². The van der Waals surface area contributed by atoms with Crippen LogP contribution in [0.3, 0.4) is 0 Å². The van der Waals surface area contributed by atoms with Gasteiger partial charge in [-0.1, -0.05) is 75.6 Å². The van der Waals surface area contributed by atoms with E-state index >= 15 is 0 Å². The number of carbonyl (C=O) groups is 2. The molecule has 1 amide bonds. The van der Waals surface area contributed by atoms with Crippen LogP contribution in [0.1, 0.15) is 57.9 Å². The molecule has 0 radical (unpaired) electrons. The highest BCUT2D eigenvalue weighted by Crippen LogP contribution is 2.32. The quantitative estimate of drug-likeness (QED) is 0.279. The average Bonchev–Trinajstić information content (AvgIpc) is 2.95. The van der Waals surface area contributed by atoms with E-state index in [9.17, 15) is 9.59 Å². The van der Waals surface area contributed by atoms with E-state index in [1.807, 2.05) is 12.1 Å². The number of thiocarbonyl (C=S) groups is 1. The van der Waals surface area contributed by atoms with Crippen molar-refractivity contribution >= 4 is 51.9 Å². The van der Waals surface area contributed by atoms with Crippen LogP contribution >= 0.6 is 24.0 Å². The summed E-state index contributed by atoms with van der Waals surface area (Å²) in [6.45, 7) is 6.16. The highest BCUT2D eigenvalue weighted by Gasteiger charge is 2.33. The molecule has 1 aliphatic heterocycles. The molecular formula is C22H30N2O3S2. The molecule has 0 aromatic heterocycles. The van der Waals surface area contributed by atoms with Crippen LogP contribution in [0.2, 0.25) is 0 Å². The van der Waals surface area contributed by atoms with Crippen LogP contribution in [-0.2, 0) is 9.59 Å². The van der Waals surface area contributed by atoms with Gasteiger partial charge in [-0.15, -0.1) is 0 Å². The zero-order chi connectivity index (χ0) is 21.2. The van der Waals surface area contributed by atoms with Gasteiger partial charge in [-0.3, -0.25) is 14.5 Å². The second-order valence-electron chi connectivity index (χ2n) is 7.15. The Morgan fingerprint density at radius 2 is 1.69 bits per heavy atom. The standard InChI is InChI=1S/C22H30N2O3S2/c1-3-5-7-13-23(14-8-6-4-2)18-11-9-17(10-12-18)15-19-21(27)24(16-20(25)26)22(28)29-19/h9-12,15H,3-8,13-14,16H2,1-2H3,(H,25,26)/b19-15-. The Kier molecular flexibility index (Phi) is 9.67. The van der Waals surface area contributed by atoms with Crippen LogP contribution in [0.15, 0.2) is 29.2 Å². The summed E-state index contributed by atoms with van der Waals surface area (Å²) in [6.07, 6.45) is 9.06. The van der Waals surface area contributed by atoms with Crippen molar-refractivity contribution in [1.82, 2.24) is 4.90 Å². The molecule has 158 valence electrons. The number of carboxylic acid groups (broad SMARTS) is 1. The number of carboxylic acids is 1. The third-order valence-corrected chi connectivity index (χ3v) is 6.16. The van der Waals surface area contributed by atoms with Crippen molar-refractivity contribution in [2.75, 3.05) is 24.5 Å². The SMILES string of the molecule is CCCCCN(CCCCC)c1ccc(/C=C2\SC(=S)N(CC(=O)O)C2=O)cc1. The van der Waals surface area contributed by atoms with E-state index in [1.54, 1.807) is 6.08 Å². The maximum Gasteiger partial charge on any atom is 0.323 e. The lowest BCUT2D eigenvalue weighted by Gasteiger charge is -2.25. The van der Waals surface area contributed by atoms with E-state index < -0.39 is 12.5 Å². The fraction of sp³-hybridized carbons (Fsp3) is 0.500. The number of benzene rings is 1. The molecule has 1 aromatic rings. The first-order valence-electron chi connectivity index (χ1n) is 10.3. The smallest absolute Gasteiger partial charge is 0.323 e. The first-order chi connectivity index (χ1) is 14.0. The minimum absolute atomic E-state index is 0.290. The van der Waals surface area contributed by atoms with Gasteiger partial charge in [0.05, 0.1) is 4.91 Å². The van der Waals surface area contributed by atoms with Crippen LogP contribution in [0, 0.1) is 0 Å². The van der Waals surface area contributed by atoms with Gasteiger partial charge >= 0.3 is 5.97 Å². The summed E-state index contributed by atoms with van der Waals surface area (Å²) in [6, 6.07) is 8.21. The molecule has 0 unspecified atom stereocenters. The highest BCUT2D eigenvalue weighted by molar-refractivity contribution is 8.26. The van der Waals surface area contributed by atoms with Crippen molar-refractivity contribution in [3.8, 4) is 0 Å². The molecule has 5 nitrogen and oxygen atoms in total. The number of aliphatic carboxylic acids is 1. The Balaban J connectivity index is 2.08. The van der Waals surface area contributed by atoms with Crippen LogP contribution in [0.5, 0.6) is 0 Å². The number of amides is 1. The maximum absolute atomic E-state index is 12.4. The van der Waals surface area contributed by atoms with Crippen molar-refractivity contribution in [2.24, 2.45) is 0 Å². The predicted molar refractivity (Wildman–Crippen MR) is 125 cm³/mol. The molecule has 1 aliphatic rings. The van der Waals surface area contributed by atoms with E-state index in [2.05, 4.69) is 30.9 Å². The lowest BCUT2D eigenvalue weighted by Crippen LogP contribution is -2.33. The van der Waals surface area contributed by atoms with Gasteiger partial charge in [-0.05, 0) is 36.6 Å². The number of unbranched alkanes of at least 4 members (excludes halogenated alkanes) is 4. The Hall–Kier alpha value is -1.86. The summed E-state index contributed by atoms with van der Waals surface area (Å²) in [7, 11) is 0. The predicted octanol–water partition coefficient (Wildman–Crippen LogP) is 5.16. The van der Waals surface area contributed by atoms with Gasteiger partial charge in [0.15, 0.2) is 0 Å². The largest absolute Gasteiger partial charge is 0.480 e. The van der Waals surface area contributed by atoms with Crippen molar-refractivity contribution in [2.45, 2.75) is 52.4 Å². The van der Waals surface area contributed by atoms with Crippen LogP contribution in [-0.4, -0.2) is 45.8 Å². The average molecular weight is 435 g/mol. The molecule has 1 fully saturated rings. The van der Waals surface area contributed by atoms with E-state index in [0.29, 0.717) is 9.23 Å². The van der Waals surface area contributed by atoms with Gasteiger partial charge in [0.2, 0.25) is 0 Å². The maximum atomic E-state index is 12.4. The Bertz CT molecular complexity index is 737. The van der Waals surface area contributed by atoms with Crippen molar-refractivity contribution < 1.29 is 14.7 Å². The third-order valence-electron chi connectivity index (χ3n) is 4.79. The van der Waals surface area contributed by atoms with E-state index in [1.165, 1.54) is 44.2 Å². The summed E-state index contributed by atoms with van der Waals surface area (Å²) in [4.78, 5) is 27.4. The summed E-state index contributed by atoms with van der Waals surface area (Å²) in [5.74, 6) is -1.41. The van der Waals surface area contributed by atoms with Gasteiger partial charge in [0, 0.05) is 18.8 Å². The highest BCUT2D eigenvalue weighted by atomic mass is 32.2. The Morgan fingerprint density at radius 3 is 2.21 bits per heavy atom. The number of nitrogens with zero attached hydrogens (tertiary/aromatic N) is 2. The first kappa shape index (κ1) is 23.4. The number of rotatable bonds is 12. The van der Waals surface area contributed by atoms with Crippen molar-refractivity contribution in [3.05, 3.63) is 34.7 Å². The van der Waals surface area contributed by atoms with E-state index in [-0.39, 0.29) is 5.91 Å². The fourth-order valence-corrected chi connectivity index (χ4v) is 4.43. The van der Waals surface area contributed by atoms with Gasteiger partial charge in [0.1, 0.15) is 10.9 Å². The topological polar surface area (TPSA) is 60.9 Å².